The van der Waals surface area contributed by atoms with Gasteiger partial charge in [-0.15, -0.1) is 0 Å². The van der Waals surface area contributed by atoms with Crippen LogP contribution < -0.4 is 5.32 Å². The number of hydrogen-bond acceptors (Lipinski definition) is 4. The molecule has 0 amide bonds. The van der Waals surface area contributed by atoms with Gasteiger partial charge >= 0.3 is 0 Å². The summed E-state index contributed by atoms with van der Waals surface area (Å²) in [6.45, 7) is 4.02. The summed E-state index contributed by atoms with van der Waals surface area (Å²) >= 11 is 6.04. The summed E-state index contributed by atoms with van der Waals surface area (Å²) in [4.78, 5) is 13.4. The number of carbonyl (C=O) groups excluding carboxylic acids is 1. The Morgan fingerprint density at radius 2 is 1.83 bits per heavy atom. The first kappa shape index (κ1) is 18.2. The van der Waals surface area contributed by atoms with Gasteiger partial charge in [0.05, 0.1) is 11.3 Å². The predicted molar refractivity (Wildman–Crippen MR) is 113 cm³/mol. The van der Waals surface area contributed by atoms with Crippen molar-refractivity contribution >= 4 is 23.3 Å². The lowest BCUT2D eigenvalue weighted by molar-refractivity contribution is -0.116. The number of allylic oxidation sites excluding steroid dienone is 2. The number of rotatable bonds is 2. The van der Waals surface area contributed by atoms with Crippen LogP contribution in [0.2, 0.25) is 5.02 Å². The molecule has 0 saturated heterocycles. The summed E-state index contributed by atoms with van der Waals surface area (Å²) in [6, 6.07) is 16.0. The minimum absolute atomic E-state index is 0.120. The number of ketones is 1. The maximum atomic E-state index is 13.4. The molecule has 1 aliphatic carbocycles. The lowest BCUT2D eigenvalue weighted by Gasteiger charge is -2.35. The molecule has 5 heteroatoms. The van der Waals surface area contributed by atoms with Crippen LogP contribution in [-0.2, 0) is 4.79 Å². The Balaban J connectivity index is 1.63. The zero-order valence-corrected chi connectivity index (χ0v) is 17.1. The first-order chi connectivity index (χ1) is 14.0. The van der Waals surface area contributed by atoms with E-state index >= 15 is 0 Å². The van der Waals surface area contributed by atoms with E-state index in [4.69, 9.17) is 16.1 Å². The van der Waals surface area contributed by atoms with Crippen LogP contribution in [0, 0.1) is 13.8 Å². The minimum Gasteiger partial charge on any atom is -0.338 e. The largest absolute Gasteiger partial charge is 0.338 e. The van der Waals surface area contributed by atoms with Gasteiger partial charge in [-0.3, -0.25) is 4.79 Å². The number of fused-ring (bicyclic) bond motifs is 1. The second kappa shape index (κ2) is 6.89. The third-order valence-electron chi connectivity index (χ3n) is 6.10. The molecule has 0 unspecified atom stereocenters. The summed E-state index contributed by atoms with van der Waals surface area (Å²) in [7, 11) is 0. The number of Topliss-reactive ketones (excluding diaryl/α,β-unsaturated/α-hetero) is 1. The van der Waals surface area contributed by atoms with Gasteiger partial charge in [-0.2, -0.15) is 0 Å². The number of aromatic nitrogens is 1. The topological polar surface area (TPSA) is 55.1 Å². The monoisotopic (exact) mass is 404 g/mol. The Morgan fingerprint density at radius 1 is 1.07 bits per heavy atom. The molecule has 0 fully saturated rings. The van der Waals surface area contributed by atoms with Crippen molar-refractivity contribution in [3.05, 3.63) is 92.8 Å². The molecule has 5 rings (SSSR count). The number of nitrogens with one attached hydrogen (secondary N) is 1. The zero-order chi connectivity index (χ0) is 20.1. The summed E-state index contributed by atoms with van der Waals surface area (Å²) in [6.07, 6.45) is 1.24. The zero-order valence-electron chi connectivity index (χ0n) is 16.3. The molecular formula is C24H21ClN2O2. The van der Waals surface area contributed by atoms with Crippen LogP contribution in [-0.4, -0.2) is 10.9 Å². The van der Waals surface area contributed by atoms with Crippen LogP contribution in [0.15, 0.2) is 64.3 Å². The van der Waals surface area contributed by atoms with E-state index in [-0.39, 0.29) is 17.6 Å². The van der Waals surface area contributed by atoms with Gasteiger partial charge in [0.1, 0.15) is 0 Å². The van der Waals surface area contributed by atoms with Crippen LogP contribution >= 0.6 is 11.6 Å². The Bertz CT molecular complexity index is 1140. The van der Waals surface area contributed by atoms with Crippen molar-refractivity contribution < 1.29 is 9.32 Å². The molecule has 0 spiro atoms. The standard InChI is InChI=1S/C24H21ClN2O2/c1-13-5-3-4-6-18(13)22-21-14(2)27-29-24(21)26-19-11-16(12-20(28)23(19)22)15-7-9-17(25)10-8-15/h3-10,16,22,26H,11-12H2,1-2H3/t16-,22+/m0/s1. The average molecular weight is 405 g/mol. The molecule has 1 aromatic heterocycles. The van der Waals surface area contributed by atoms with Crippen molar-refractivity contribution in [2.24, 2.45) is 0 Å². The van der Waals surface area contributed by atoms with E-state index in [0.717, 1.165) is 45.6 Å². The molecule has 1 aliphatic heterocycles. The Kier molecular flexibility index (Phi) is 4.32. The molecule has 0 saturated carbocycles. The highest BCUT2D eigenvalue weighted by Crippen LogP contribution is 2.49. The van der Waals surface area contributed by atoms with Crippen LogP contribution in [0.5, 0.6) is 0 Å². The van der Waals surface area contributed by atoms with Crippen molar-refractivity contribution in [2.75, 3.05) is 5.32 Å². The number of hydrogen-bond donors (Lipinski definition) is 1. The molecular weight excluding hydrogens is 384 g/mol. The van der Waals surface area contributed by atoms with E-state index < -0.39 is 0 Å². The first-order valence-corrected chi connectivity index (χ1v) is 10.2. The maximum Gasteiger partial charge on any atom is 0.233 e. The summed E-state index contributed by atoms with van der Waals surface area (Å²) in [5, 5.41) is 8.27. The molecule has 2 heterocycles. The number of aryl methyl sites for hydroxylation is 2. The second-order valence-corrected chi connectivity index (χ2v) is 8.33. The molecule has 4 nitrogen and oxygen atoms in total. The lowest BCUT2D eigenvalue weighted by Crippen LogP contribution is -2.29. The quantitative estimate of drug-likeness (QED) is 0.577. The van der Waals surface area contributed by atoms with E-state index in [1.807, 2.05) is 43.3 Å². The molecule has 0 radical (unpaired) electrons. The first-order valence-electron chi connectivity index (χ1n) is 9.83. The van der Waals surface area contributed by atoms with Crippen LogP contribution in [0.3, 0.4) is 0 Å². The molecule has 29 heavy (non-hydrogen) atoms. The van der Waals surface area contributed by atoms with Crippen molar-refractivity contribution in [1.82, 2.24) is 5.16 Å². The van der Waals surface area contributed by atoms with Crippen molar-refractivity contribution in [2.45, 2.75) is 38.5 Å². The summed E-state index contributed by atoms with van der Waals surface area (Å²) in [5.41, 5.74) is 7.00. The van der Waals surface area contributed by atoms with E-state index in [1.54, 1.807) is 0 Å². The molecule has 2 atom stereocenters. The number of benzene rings is 2. The number of carbonyl (C=O) groups is 1. The Morgan fingerprint density at radius 3 is 2.59 bits per heavy atom. The number of halogens is 1. The van der Waals surface area contributed by atoms with Gasteiger partial charge in [0, 0.05) is 28.6 Å². The number of nitrogens with zero attached hydrogens (tertiary/aromatic N) is 1. The van der Waals surface area contributed by atoms with Gasteiger partial charge < -0.3 is 9.84 Å². The maximum absolute atomic E-state index is 13.4. The van der Waals surface area contributed by atoms with Gasteiger partial charge in [-0.1, -0.05) is 53.2 Å². The third-order valence-corrected chi connectivity index (χ3v) is 6.35. The molecule has 0 bridgehead atoms. The van der Waals surface area contributed by atoms with E-state index in [0.29, 0.717) is 17.3 Å². The average Bonchev–Trinajstić information content (AvgIpc) is 3.08. The van der Waals surface area contributed by atoms with Gasteiger partial charge in [0.2, 0.25) is 5.88 Å². The fourth-order valence-corrected chi connectivity index (χ4v) is 4.79. The number of anilines is 1. The summed E-state index contributed by atoms with van der Waals surface area (Å²) < 4.78 is 5.60. The molecule has 146 valence electrons. The van der Waals surface area contributed by atoms with Crippen LogP contribution in [0.25, 0.3) is 0 Å². The fourth-order valence-electron chi connectivity index (χ4n) is 4.66. The third kappa shape index (κ3) is 2.99. The molecule has 1 N–H and O–H groups in total. The van der Waals surface area contributed by atoms with E-state index in [9.17, 15) is 4.79 Å². The second-order valence-electron chi connectivity index (χ2n) is 7.90. The normalized spacial score (nSPS) is 20.9. The predicted octanol–water partition coefficient (Wildman–Crippen LogP) is 5.90. The Labute approximate surface area is 174 Å². The summed E-state index contributed by atoms with van der Waals surface area (Å²) in [5.74, 6) is 0.804. The van der Waals surface area contributed by atoms with Crippen LogP contribution in [0.1, 0.15) is 52.6 Å². The Hall–Kier alpha value is -2.85. The van der Waals surface area contributed by atoms with Gasteiger partial charge in [-0.25, -0.2) is 0 Å². The minimum atomic E-state index is -0.146. The highest BCUT2D eigenvalue weighted by Gasteiger charge is 2.41. The molecule has 3 aromatic rings. The van der Waals surface area contributed by atoms with Crippen molar-refractivity contribution in [3.63, 3.8) is 0 Å². The van der Waals surface area contributed by atoms with E-state index in [1.165, 1.54) is 0 Å². The van der Waals surface area contributed by atoms with Crippen LogP contribution in [0.4, 0.5) is 5.88 Å². The molecule has 2 aliphatic rings. The van der Waals surface area contributed by atoms with Crippen molar-refractivity contribution in [1.29, 1.82) is 0 Å². The van der Waals surface area contributed by atoms with Gasteiger partial charge in [0.25, 0.3) is 0 Å². The highest BCUT2D eigenvalue weighted by atomic mass is 35.5. The van der Waals surface area contributed by atoms with Gasteiger partial charge in [0.15, 0.2) is 5.78 Å². The smallest absolute Gasteiger partial charge is 0.233 e. The highest BCUT2D eigenvalue weighted by molar-refractivity contribution is 6.30. The van der Waals surface area contributed by atoms with E-state index in [2.05, 4.69) is 29.5 Å². The van der Waals surface area contributed by atoms with Gasteiger partial charge in [-0.05, 0) is 55.0 Å². The fraction of sp³-hybridized carbons (Fsp3) is 0.250. The molecule has 2 aromatic carbocycles. The lowest BCUT2D eigenvalue weighted by atomic mass is 9.72. The SMILES string of the molecule is Cc1ccccc1[C@H]1C2=C(C[C@H](c3ccc(Cl)cc3)CC2=O)Nc2onc(C)c21. The van der Waals surface area contributed by atoms with Crippen molar-refractivity contribution in [3.8, 4) is 0 Å².